The highest BCUT2D eigenvalue weighted by Gasteiger charge is 2.00. The fourth-order valence-corrected chi connectivity index (χ4v) is 1.79. The molecule has 18 heavy (non-hydrogen) atoms. The second-order valence-corrected chi connectivity index (χ2v) is 4.08. The zero-order valence-electron chi connectivity index (χ0n) is 10.4. The highest BCUT2D eigenvalue weighted by atomic mass is 16.5. The molecule has 0 radical (unpaired) electrons. The summed E-state index contributed by atoms with van der Waals surface area (Å²) < 4.78 is 4.56. The van der Waals surface area contributed by atoms with E-state index in [-0.39, 0.29) is 5.97 Å². The number of nitrogens with one attached hydrogen (secondary N) is 2. The van der Waals surface area contributed by atoms with Crippen molar-refractivity contribution in [2.75, 3.05) is 20.2 Å². The first-order valence-corrected chi connectivity index (χ1v) is 5.99. The van der Waals surface area contributed by atoms with E-state index in [4.69, 9.17) is 0 Å². The molecule has 2 rings (SSSR count). The Balaban J connectivity index is 1.74. The molecule has 0 amide bonds. The number of esters is 1. The Kier molecular flexibility index (Phi) is 4.30. The first-order valence-electron chi connectivity index (χ1n) is 5.99. The topological polar surface area (TPSA) is 67.0 Å². The summed E-state index contributed by atoms with van der Waals surface area (Å²) in [5, 5.41) is 3.21. The summed E-state index contributed by atoms with van der Waals surface area (Å²) in [5.74, 6) is -0.179. The summed E-state index contributed by atoms with van der Waals surface area (Å²) in [6.07, 6.45) is 3.04. The Morgan fingerprint density at radius 1 is 1.44 bits per heavy atom. The quantitative estimate of drug-likeness (QED) is 0.595. The number of aromatic nitrogens is 2. The molecule has 1 heterocycles. The summed E-state index contributed by atoms with van der Waals surface area (Å²) in [4.78, 5) is 18.2. The molecule has 2 aromatic rings. The van der Waals surface area contributed by atoms with E-state index in [1.165, 1.54) is 12.7 Å². The molecule has 0 saturated heterocycles. The van der Waals surface area contributed by atoms with Crippen molar-refractivity contribution in [3.63, 3.8) is 0 Å². The van der Waals surface area contributed by atoms with Gasteiger partial charge in [-0.25, -0.2) is 4.98 Å². The molecule has 0 fully saturated rings. The molecule has 5 nitrogen and oxygen atoms in total. The van der Waals surface area contributed by atoms with Gasteiger partial charge >= 0.3 is 5.97 Å². The Morgan fingerprint density at radius 2 is 2.33 bits per heavy atom. The van der Waals surface area contributed by atoms with E-state index in [0.717, 1.165) is 24.0 Å². The fraction of sp³-hybridized carbons (Fsp3) is 0.385. The Bertz CT molecular complexity index is 522. The first-order chi connectivity index (χ1) is 8.79. The lowest BCUT2D eigenvalue weighted by Crippen LogP contribution is -2.21. The second kappa shape index (κ2) is 6.16. The first kappa shape index (κ1) is 12.6. The van der Waals surface area contributed by atoms with Crippen LogP contribution < -0.4 is 5.32 Å². The second-order valence-electron chi connectivity index (χ2n) is 4.08. The number of aromatic amines is 1. The smallest absolute Gasteiger partial charge is 0.306 e. The Hall–Kier alpha value is -1.88. The zero-order chi connectivity index (χ0) is 12.8. The van der Waals surface area contributed by atoms with Gasteiger partial charge in [-0.3, -0.25) is 4.79 Å². The molecule has 0 aliphatic carbocycles. The Labute approximate surface area is 106 Å². The van der Waals surface area contributed by atoms with Gasteiger partial charge in [0.2, 0.25) is 0 Å². The van der Waals surface area contributed by atoms with Gasteiger partial charge in [0.25, 0.3) is 0 Å². The predicted octanol–water partition coefficient (Wildman–Crippen LogP) is 1.26. The molecule has 1 aromatic heterocycles. The van der Waals surface area contributed by atoms with E-state index in [1.54, 1.807) is 6.33 Å². The lowest BCUT2D eigenvalue weighted by atomic mass is 10.1. The molecule has 0 unspecified atom stereocenters. The average molecular weight is 247 g/mol. The van der Waals surface area contributed by atoms with Crippen LogP contribution in [0, 0.1) is 0 Å². The number of fused-ring (bicyclic) bond motifs is 1. The summed E-state index contributed by atoms with van der Waals surface area (Å²) in [6, 6.07) is 6.19. The summed E-state index contributed by atoms with van der Waals surface area (Å²) in [6.45, 7) is 1.50. The molecular formula is C13H17N3O2. The van der Waals surface area contributed by atoms with Crippen LogP contribution in [-0.4, -0.2) is 36.1 Å². The number of nitrogens with zero attached hydrogens (tertiary/aromatic N) is 1. The van der Waals surface area contributed by atoms with Gasteiger partial charge in [0.15, 0.2) is 0 Å². The van der Waals surface area contributed by atoms with Gasteiger partial charge in [0.05, 0.1) is 30.9 Å². The number of carbonyl (C=O) groups is 1. The fourth-order valence-electron chi connectivity index (χ4n) is 1.79. The molecule has 0 spiro atoms. The van der Waals surface area contributed by atoms with Gasteiger partial charge in [-0.15, -0.1) is 0 Å². The minimum atomic E-state index is -0.179. The zero-order valence-corrected chi connectivity index (χ0v) is 10.4. The maximum absolute atomic E-state index is 10.9. The standard InChI is InChI=1S/C13H17N3O2/c1-18-13(17)5-7-14-6-4-10-2-3-11-12(8-10)16-9-15-11/h2-3,8-9,14H,4-7H2,1H3,(H,15,16). The highest BCUT2D eigenvalue weighted by molar-refractivity contribution is 5.75. The van der Waals surface area contributed by atoms with Crippen LogP contribution in [0.25, 0.3) is 11.0 Å². The van der Waals surface area contributed by atoms with E-state index >= 15 is 0 Å². The van der Waals surface area contributed by atoms with E-state index in [9.17, 15) is 4.79 Å². The number of H-pyrrole nitrogens is 1. The third kappa shape index (κ3) is 3.30. The molecule has 5 heteroatoms. The predicted molar refractivity (Wildman–Crippen MR) is 69.3 cm³/mol. The molecule has 0 aliphatic rings. The molecule has 96 valence electrons. The number of hydrogen-bond acceptors (Lipinski definition) is 4. The molecule has 1 aromatic carbocycles. The van der Waals surface area contributed by atoms with Crippen molar-refractivity contribution < 1.29 is 9.53 Å². The summed E-state index contributed by atoms with van der Waals surface area (Å²) in [7, 11) is 1.40. The number of rotatable bonds is 6. The number of hydrogen-bond donors (Lipinski definition) is 2. The van der Waals surface area contributed by atoms with Crippen molar-refractivity contribution in [2.24, 2.45) is 0 Å². The third-order valence-corrected chi connectivity index (χ3v) is 2.81. The van der Waals surface area contributed by atoms with Gasteiger partial charge < -0.3 is 15.0 Å². The molecular weight excluding hydrogens is 230 g/mol. The minimum absolute atomic E-state index is 0.179. The van der Waals surface area contributed by atoms with Crippen molar-refractivity contribution in [3.8, 4) is 0 Å². The van der Waals surface area contributed by atoms with E-state index in [1.807, 2.05) is 6.07 Å². The number of benzene rings is 1. The highest BCUT2D eigenvalue weighted by Crippen LogP contribution is 2.11. The van der Waals surface area contributed by atoms with Crippen LogP contribution in [0.3, 0.4) is 0 Å². The average Bonchev–Trinajstić information content (AvgIpc) is 2.85. The molecule has 0 bridgehead atoms. The van der Waals surface area contributed by atoms with E-state index in [0.29, 0.717) is 13.0 Å². The van der Waals surface area contributed by atoms with Crippen molar-refractivity contribution in [2.45, 2.75) is 12.8 Å². The van der Waals surface area contributed by atoms with Crippen LogP contribution in [0.5, 0.6) is 0 Å². The van der Waals surface area contributed by atoms with Crippen molar-refractivity contribution in [1.29, 1.82) is 0 Å². The maximum atomic E-state index is 10.9. The van der Waals surface area contributed by atoms with Crippen LogP contribution in [0.4, 0.5) is 0 Å². The van der Waals surface area contributed by atoms with Gasteiger partial charge in [-0.05, 0) is 30.7 Å². The maximum Gasteiger partial charge on any atom is 0.306 e. The van der Waals surface area contributed by atoms with Gasteiger partial charge in [0.1, 0.15) is 0 Å². The lowest BCUT2D eigenvalue weighted by molar-refractivity contribution is -0.140. The number of methoxy groups -OCH3 is 1. The van der Waals surface area contributed by atoms with E-state index in [2.05, 4.69) is 32.2 Å². The summed E-state index contributed by atoms with van der Waals surface area (Å²) in [5.41, 5.74) is 3.29. The summed E-state index contributed by atoms with van der Waals surface area (Å²) >= 11 is 0. The van der Waals surface area contributed by atoms with Crippen LogP contribution in [-0.2, 0) is 16.0 Å². The van der Waals surface area contributed by atoms with Gasteiger partial charge in [-0.2, -0.15) is 0 Å². The molecule has 0 atom stereocenters. The molecule has 0 aliphatic heterocycles. The van der Waals surface area contributed by atoms with Crippen molar-refractivity contribution >= 4 is 17.0 Å². The largest absolute Gasteiger partial charge is 0.469 e. The van der Waals surface area contributed by atoms with Crippen LogP contribution in [0.1, 0.15) is 12.0 Å². The molecule has 0 saturated carbocycles. The van der Waals surface area contributed by atoms with Gasteiger partial charge in [-0.1, -0.05) is 6.07 Å². The third-order valence-electron chi connectivity index (χ3n) is 2.81. The normalized spacial score (nSPS) is 10.7. The molecule has 2 N–H and O–H groups in total. The minimum Gasteiger partial charge on any atom is -0.469 e. The van der Waals surface area contributed by atoms with Crippen molar-refractivity contribution in [1.82, 2.24) is 15.3 Å². The van der Waals surface area contributed by atoms with Crippen molar-refractivity contribution in [3.05, 3.63) is 30.1 Å². The Morgan fingerprint density at radius 3 is 3.17 bits per heavy atom. The number of ether oxygens (including phenoxy) is 1. The lowest BCUT2D eigenvalue weighted by Gasteiger charge is -2.04. The van der Waals surface area contributed by atoms with Crippen LogP contribution in [0.15, 0.2) is 24.5 Å². The number of carbonyl (C=O) groups excluding carboxylic acids is 1. The van der Waals surface area contributed by atoms with Crippen LogP contribution in [0.2, 0.25) is 0 Å². The number of imidazole rings is 1. The van der Waals surface area contributed by atoms with Gasteiger partial charge in [0, 0.05) is 6.54 Å². The monoisotopic (exact) mass is 247 g/mol. The SMILES string of the molecule is COC(=O)CCNCCc1ccc2nc[nH]c2c1. The van der Waals surface area contributed by atoms with E-state index < -0.39 is 0 Å². The van der Waals surface area contributed by atoms with Crippen LogP contribution >= 0.6 is 0 Å².